The topological polar surface area (TPSA) is 137 Å². The molecule has 1 saturated heterocycles. The average molecular weight is 446 g/mol. The smallest absolute Gasteiger partial charge is 0.244 e. The van der Waals surface area contributed by atoms with Gasteiger partial charge in [-0.3, -0.25) is 14.5 Å². The molecule has 9 heteroatoms. The van der Waals surface area contributed by atoms with E-state index in [9.17, 15) is 9.59 Å². The molecular weight excluding hydrogens is 418 g/mol. The van der Waals surface area contributed by atoms with Gasteiger partial charge in [0.25, 0.3) is 0 Å². The molecular formula is C24H27N7O2. The van der Waals surface area contributed by atoms with Crippen LogP contribution in [0.15, 0.2) is 36.7 Å². The van der Waals surface area contributed by atoms with Crippen molar-refractivity contribution in [3.63, 3.8) is 0 Å². The van der Waals surface area contributed by atoms with Crippen molar-refractivity contribution in [2.45, 2.75) is 44.6 Å². The van der Waals surface area contributed by atoms with Crippen LogP contribution in [0.3, 0.4) is 0 Å². The minimum absolute atomic E-state index is 0.0615. The number of allylic oxidation sites excluding steroid dienone is 1. The van der Waals surface area contributed by atoms with Crippen molar-refractivity contribution >= 4 is 41.1 Å². The molecule has 0 bridgehead atoms. The fourth-order valence-corrected chi connectivity index (χ4v) is 5.17. The molecule has 1 spiro atoms. The van der Waals surface area contributed by atoms with Gasteiger partial charge in [-0.15, -0.1) is 0 Å². The van der Waals surface area contributed by atoms with Gasteiger partial charge in [0.15, 0.2) is 0 Å². The molecule has 2 aliphatic heterocycles. The first-order valence-corrected chi connectivity index (χ1v) is 11.3. The first-order chi connectivity index (χ1) is 16.1. The monoisotopic (exact) mass is 445 g/mol. The molecule has 3 aliphatic rings. The predicted octanol–water partition coefficient (Wildman–Crippen LogP) is 2.51. The number of carbonyl (C=O) groups excluding carboxylic acids is 2. The van der Waals surface area contributed by atoms with Gasteiger partial charge in [0.2, 0.25) is 17.8 Å². The number of anilines is 3. The number of benzene rings is 1. The molecule has 0 radical (unpaired) electrons. The van der Waals surface area contributed by atoms with Crippen molar-refractivity contribution in [2.75, 3.05) is 16.8 Å². The van der Waals surface area contributed by atoms with E-state index in [0.29, 0.717) is 36.7 Å². The van der Waals surface area contributed by atoms with E-state index in [1.807, 2.05) is 24.3 Å². The zero-order valence-corrected chi connectivity index (χ0v) is 18.3. The van der Waals surface area contributed by atoms with Crippen LogP contribution in [0.1, 0.15) is 43.2 Å². The Balaban J connectivity index is 1.47. The molecule has 5 N–H and O–H groups in total. The van der Waals surface area contributed by atoms with Crippen molar-refractivity contribution in [1.29, 1.82) is 5.41 Å². The molecule has 1 aromatic carbocycles. The second-order valence-electron chi connectivity index (χ2n) is 8.89. The van der Waals surface area contributed by atoms with E-state index in [-0.39, 0.29) is 17.9 Å². The maximum Gasteiger partial charge on any atom is 0.244 e. The van der Waals surface area contributed by atoms with E-state index in [4.69, 9.17) is 16.1 Å². The Hall–Kier alpha value is -3.75. The van der Waals surface area contributed by atoms with Gasteiger partial charge in [-0.05, 0) is 37.0 Å². The Morgan fingerprint density at radius 3 is 2.64 bits per heavy atom. The summed E-state index contributed by atoms with van der Waals surface area (Å²) >= 11 is 0. The third kappa shape index (κ3) is 3.53. The van der Waals surface area contributed by atoms with Crippen LogP contribution in [0.5, 0.6) is 0 Å². The molecule has 9 nitrogen and oxygen atoms in total. The van der Waals surface area contributed by atoms with Gasteiger partial charge in [0.1, 0.15) is 11.2 Å². The van der Waals surface area contributed by atoms with Crippen molar-refractivity contribution in [3.05, 3.63) is 47.8 Å². The minimum Gasteiger partial charge on any atom is -0.404 e. The number of hydrogen-bond acceptors (Lipinski definition) is 7. The molecule has 1 atom stereocenters. The molecule has 2 aromatic rings. The summed E-state index contributed by atoms with van der Waals surface area (Å²) < 4.78 is 0. The Morgan fingerprint density at radius 2 is 2.00 bits per heavy atom. The van der Waals surface area contributed by atoms with Crippen molar-refractivity contribution in [1.82, 2.24) is 15.3 Å². The van der Waals surface area contributed by atoms with Crippen LogP contribution in [0.2, 0.25) is 0 Å². The number of aromatic nitrogens is 2. The Bertz CT molecular complexity index is 1140. The first-order valence-electron chi connectivity index (χ1n) is 11.3. The van der Waals surface area contributed by atoms with Crippen LogP contribution >= 0.6 is 0 Å². The van der Waals surface area contributed by atoms with Crippen molar-refractivity contribution in [3.8, 4) is 0 Å². The van der Waals surface area contributed by atoms with Gasteiger partial charge in [0.05, 0.1) is 0 Å². The Kier molecular flexibility index (Phi) is 5.32. The molecule has 1 saturated carbocycles. The summed E-state index contributed by atoms with van der Waals surface area (Å²) in [5.41, 5.74) is 7.61. The van der Waals surface area contributed by atoms with E-state index in [0.717, 1.165) is 42.5 Å². The highest BCUT2D eigenvalue weighted by atomic mass is 16.2. The number of amides is 2. The molecule has 33 heavy (non-hydrogen) atoms. The highest BCUT2D eigenvalue weighted by molar-refractivity contribution is 6.14. The van der Waals surface area contributed by atoms with Gasteiger partial charge in [-0.25, -0.2) is 4.98 Å². The maximum absolute atomic E-state index is 13.7. The van der Waals surface area contributed by atoms with E-state index in [2.05, 4.69) is 15.6 Å². The molecule has 1 aliphatic carbocycles. The molecule has 2 fully saturated rings. The number of carbonyl (C=O) groups is 2. The van der Waals surface area contributed by atoms with E-state index in [1.165, 1.54) is 12.4 Å². The molecule has 5 rings (SSSR count). The lowest BCUT2D eigenvalue weighted by Crippen LogP contribution is -2.56. The summed E-state index contributed by atoms with van der Waals surface area (Å²) in [6.07, 6.45) is 9.17. The second-order valence-corrected chi connectivity index (χ2v) is 8.89. The fraction of sp³-hybridized carbons (Fsp3) is 0.375. The highest BCUT2D eigenvalue weighted by Gasteiger charge is 2.56. The summed E-state index contributed by atoms with van der Waals surface area (Å²) in [5.74, 6) is 0.701. The summed E-state index contributed by atoms with van der Waals surface area (Å²) in [7, 11) is 0. The number of rotatable bonds is 5. The van der Waals surface area contributed by atoms with Crippen LogP contribution in [-0.4, -0.2) is 40.6 Å². The van der Waals surface area contributed by atoms with E-state index >= 15 is 0 Å². The predicted molar refractivity (Wildman–Crippen MR) is 126 cm³/mol. The Labute approximate surface area is 192 Å². The van der Waals surface area contributed by atoms with Gasteiger partial charge in [-0.2, -0.15) is 4.98 Å². The van der Waals surface area contributed by atoms with Crippen LogP contribution in [0.25, 0.3) is 5.57 Å². The van der Waals surface area contributed by atoms with Gasteiger partial charge < -0.3 is 21.8 Å². The molecule has 3 heterocycles. The molecule has 170 valence electrons. The summed E-state index contributed by atoms with van der Waals surface area (Å²) in [5, 5.41) is 13.5. The lowest BCUT2D eigenvalue weighted by molar-refractivity contribution is -0.140. The fourth-order valence-electron chi connectivity index (χ4n) is 5.17. The Morgan fingerprint density at radius 1 is 1.24 bits per heavy atom. The van der Waals surface area contributed by atoms with Crippen LogP contribution in [0, 0.1) is 10.8 Å². The van der Waals surface area contributed by atoms with Crippen LogP contribution in [-0.2, 0) is 16.0 Å². The number of fused-ring (bicyclic) bond motifs is 1. The normalized spacial score (nSPS) is 23.0. The first kappa shape index (κ1) is 21.1. The minimum atomic E-state index is -1.03. The number of hydrogen-bond donors (Lipinski definition) is 4. The number of nitrogens with two attached hydrogens (primary N) is 1. The third-order valence-electron chi connectivity index (χ3n) is 6.96. The van der Waals surface area contributed by atoms with Crippen LogP contribution in [0.4, 0.5) is 17.5 Å². The quantitative estimate of drug-likeness (QED) is 0.412. The zero-order valence-electron chi connectivity index (χ0n) is 18.3. The standard InChI is InChI=1S/C24H27N7O2/c25-12-17(13-26)15-5-7-18(8-6-15)29-23-28-14-16-11-24(9-10-27-21(24)32)22(33)31(20(16)30-23)19-3-1-2-4-19/h5-8,12-14,19,25H,1-4,9-11,26H2,(H,27,32)(H,28,29,30)/t24-/m1/s1. The van der Waals surface area contributed by atoms with Gasteiger partial charge >= 0.3 is 0 Å². The van der Waals surface area contributed by atoms with Crippen molar-refractivity contribution in [2.24, 2.45) is 11.1 Å². The molecule has 2 amide bonds. The van der Waals surface area contributed by atoms with E-state index in [1.54, 1.807) is 11.1 Å². The molecule has 1 aromatic heterocycles. The van der Waals surface area contributed by atoms with Gasteiger partial charge in [-0.1, -0.05) is 25.0 Å². The highest BCUT2D eigenvalue weighted by Crippen LogP contribution is 2.44. The average Bonchev–Trinajstić information content (AvgIpc) is 3.48. The number of nitrogens with zero attached hydrogens (tertiary/aromatic N) is 3. The largest absolute Gasteiger partial charge is 0.404 e. The van der Waals surface area contributed by atoms with Crippen molar-refractivity contribution < 1.29 is 9.59 Å². The third-order valence-corrected chi connectivity index (χ3v) is 6.96. The number of nitrogens with one attached hydrogen (secondary N) is 3. The molecule has 0 unspecified atom stereocenters. The second kappa shape index (κ2) is 8.31. The summed E-state index contributed by atoms with van der Waals surface area (Å²) in [4.78, 5) is 37.4. The zero-order chi connectivity index (χ0) is 23.0. The van der Waals surface area contributed by atoms with Gasteiger partial charge in [0, 0.05) is 54.4 Å². The summed E-state index contributed by atoms with van der Waals surface area (Å²) in [6, 6.07) is 7.51. The maximum atomic E-state index is 13.7. The SMILES string of the molecule is N=CC(=CN)c1ccc(Nc2ncc3c(n2)N(C2CCCC2)C(=O)[C@]2(CCNC2=O)C3)cc1. The van der Waals surface area contributed by atoms with E-state index < -0.39 is 5.41 Å². The lowest BCUT2D eigenvalue weighted by Gasteiger charge is -2.40. The van der Waals surface area contributed by atoms with Crippen LogP contribution < -0.4 is 21.3 Å². The summed E-state index contributed by atoms with van der Waals surface area (Å²) in [6.45, 7) is 0.522. The lowest BCUT2D eigenvalue weighted by atomic mass is 9.76.